The maximum Gasteiger partial charge on any atom is 0.284 e. The van der Waals surface area contributed by atoms with Gasteiger partial charge in [0.15, 0.2) is 0 Å². The van der Waals surface area contributed by atoms with E-state index in [0.29, 0.717) is 23.1 Å². The maximum absolute atomic E-state index is 12.8. The summed E-state index contributed by atoms with van der Waals surface area (Å²) in [6.45, 7) is 0.894. The highest BCUT2D eigenvalue weighted by Gasteiger charge is 2.31. The van der Waals surface area contributed by atoms with Crippen LogP contribution >= 0.6 is 11.8 Å². The van der Waals surface area contributed by atoms with E-state index in [9.17, 15) is 18.5 Å². The van der Waals surface area contributed by atoms with Crippen molar-refractivity contribution in [3.8, 4) is 0 Å². The predicted molar refractivity (Wildman–Crippen MR) is 95.9 cm³/mol. The van der Waals surface area contributed by atoms with Crippen molar-refractivity contribution in [3.05, 3.63) is 28.3 Å². The fraction of sp³-hybridized carbons (Fsp3) is 0.533. The van der Waals surface area contributed by atoms with Gasteiger partial charge in [0, 0.05) is 19.2 Å². The zero-order valence-corrected chi connectivity index (χ0v) is 16.0. The van der Waals surface area contributed by atoms with Crippen LogP contribution in [0.5, 0.6) is 0 Å². The summed E-state index contributed by atoms with van der Waals surface area (Å²) in [6, 6.07) is 4.26. The summed E-state index contributed by atoms with van der Waals surface area (Å²) in [5, 5.41) is 23.5. The molecule has 2 aromatic rings. The summed E-state index contributed by atoms with van der Waals surface area (Å²) in [4.78, 5) is 11.3. The number of nitrogens with zero attached hydrogens (tertiary/aromatic N) is 6. The molecule has 1 aromatic carbocycles. The second-order valence-corrected chi connectivity index (χ2v) is 9.54. The molecule has 1 saturated carbocycles. The molecule has 1 aliphatic heterocycles. The number of rotatable bonds is 6. The number of nitro benzene ring substituents is 1. The van der Waals surface area contributed by atoms with E-state index in [-0.39, 0.29) is 16.6 Å². The van der Waals surface area contributed by atoms with Crippen LogP contribution in [0.15, 0.2) is 33.1 Å². The molecule has 0 atom stereocenters. The van der Waals surface area contributed by atoms with E-state index in [0.717, 1.165) is 49.9 Å². The number of sulfonamides is 1. The van der Waals surface area contributed by atoms with E-state index in [4.69, 9.17) is 0 Å². The minimum absolute atomic E-state index is 0.0535. The third-order valence-corrected chi connectivity index (χ3v) is 7.55. The van der Waals surface area contributed by atoms with Crippen molar-refractivity contribution in [2.75, 3.05) is 13.1 Å². The highest BCUT2D eigenvalue weighted by atomic mass is 32.2. The molecule has 1 aliphatic carbocycles. The lowest BCUT2D eigenvalue weighted by Gasteiger charge is -2.25. The monoisotopic (exact) mass is 410 g/mol. The first kappa shape index (κ1) is 18.3. The van der Waals surface area contributed by atoms with Gasteiger partial charge in [-0.05, 0) is 60.0 Å². The maximum atomic E-state index is 12.8. The van der Waals surface area contributed by atoms with Crippen molar-refractivity contribution in [2.45, 2.75) is 53.1 Å². The number of hydrogen-bond acceptors (Lipinski definition) is 8. The van der Waals surface area contributed by atoms with Crippen molar-refractivity contribution in [2.24, 2.45) is 0 Å². The molecule has 0 N–H and O–H groups in total. The van der Waals surface area contributed by atoms with Crippen LogP contribution in [0, 0.1) is 10.1 Å². The second-order valence-electron chi connectivity index (χ2n) is 6.59. The molecule has 2 aliphatic rings. The largest absolute Gasteiger partial charge is 0.284 e. The van der Waals surface area contributed by atoms with Gasteiger partial charge in [-0.2, -0.15) is 4.31 Å². The highest BCUT2D eigenvalue weighted by molar-refractivity contribution is 7.99. The summed E-state index contributed by atoms with van der Waals surface area (Å²) in [7, 11) is -3.73. The number of benzene rings is 1. The molecule has 0 unspecified atom stereocenters. The molecule has 4 rings (SSSR count). The van der Waals surface area contributed by atoms with E-state index in [1.807, 2.05) is 0 Å². The van der Waals surface area contributed by atoms with Gasteiger partial charge in [0.1, 0.15) is 0 Å². The van der Waals surface area contributed by atoms with Gasteiger partial charge < -0.3 is 0 Å². The summed E-state index contributed by atoms with van der Waals surface area (Å²) in [6.07, 6.45) is 4.57. The molecular formula is C15H18N6O4S2. The topological polar surface area (TPSA) is 124 Å². The van der Waals surface area contributed by atoms with Gasteiger partial charge in [-0.25, -0.2) is 13.1 Å². The lowest BCUT2D eigenvalue weighted by atomic mass is 10.2. The molecule has 2 fully saturated rings. The van der Waals surface area contributed by atoms with Crippen molar-refractivity contribution in [1.82, 2.24) is 24.5 Å². The van der Waals surface area contributed by atoms with E-state index >= 15 is 0 Å². The van der Waals surface area contributed by atoms with Gasteiger partial charge in [0.25, 0.3) is 5.69 Å². The Balaban J connectivity index is 1.66. The number of tetrazole rings is 1. The van der Waals surface area contributed by atoms with E-state index < -0.39 is 14.9 Å². The summed E-state index contributed by atoms with van der Waals surface area (Å²) >= 11 is 1.08. The molecule has 1 aromatic heterocycles. The number of hydrogen-bond donors (Lipinski definition) is 0. The van der Waals surface area contributed by atoms with Crippen molar-refractivity contribution >= 4 is 27.5 Å². The number of aromatic nitrogens is 4. The van der Waals surface area contributed by atoms with Crippen molar-refractivity contribution in [1.29, 1.82) is 0 Å². The Bertz CT molecular complexity index is 966. The molecule has 0 spiro atoms. The van der Waals surface area contributed by atoms with Crippen molar-refractivity contribution in [3.63, 3.8) is 0 Å². The smallest absolute Gasteiger partial charge is 0.258 e. The molecule has 10 nitrogen and oxygen atoms in total. The fourth-order valence-corrected chi connectivity index (χ4v) is 5.51. The van der Waals surface area contributed by atoms with Crippen LogP contribution in [0.4, 0.5) is 5.69 Å². The van der Waals surface area contributed by atoms with Gasteiger partial charge in [0.05, 0.1) is 20.8 Å². The normalized spacial score (nSPS) is 18.5. The fourth-order valence-electron chi connectivity index (χ4n) is 3.04. The third-order valence-electron chi connectivity index (χ3n) is 4.64. The lowest BCUT2D eigenvalue weighted by molar-refractivity contribution is -0.388. The minimum Gasteiger partial charge on any atom is -0.258 e. The molecule has 144 valence electrons. The first-order valence-electron chi connectivity index (χ1n) is 8.71. The zero-order chi connectivity index (χ0) is 19.0. The van der Waals surface area contributed by atoms with Crippen LogP contribution in [0.3, 0.4) is 0 Å². The van der Waals surface area contributed by atoms with Gasteiger partial charge >= 0.3 is 0 Å². The third kappa shape index (κ3) is 3.69. The molecular weight excluding hydrogens is 392 g/mol. The molecule has 0 bridgehead atoms. The number of piperidine rings is 1. The van der Waals surface area contributed by atoms with E-state index in [1.165, 1.54) is 16.4 Å². The van der Waals surface area contributed by atoms with Gasteiger partial charge in [-0.3, -0.25) is 10.1 Å². The minimum atomic E-state index is -3.73. The number of nitro groups is 1. The van der Waals surface area contributed by atoms with Crippen LogP contribution in [0.2, 0.25) is 0 Å². The van der Waals surface area contributed by atoms with Gasteiger partial charge in [-0.15, -0.1) is 5.10 Å². The van der Waals surface area contributed by atoms with Crippen LogP contribution in [-0.4, -0.2) is 50.9 Å². The average molecular weight is 410 g/mol. The lowest BCUT2D eigenvalue weighted by Crippen LogP contribution is -2.35. The van der Waals surface area contributed by atoms with Crippen LogP contribution in [-0.2, 0) is 10.0 Å². The SMILES string of the molecule is O=[N+]([O-])c1cc(S(=O)(=O)N2CCCCC2)ccc1Sc1nnnn1C1CC1. The summed E-state index contributed by atoms with van der Waals surface area (Å²) < 4.78 is 28.7. The van der Waals surface area contributed by atoms with E-state index in [2.05, 4.69) is 15.5 Å². The predicted octanol–water partition coefficient (Wildman–Crippen LogP) is 2.24. The van der Waals surface area contributed by atoms with Gasteiger partial charge in [-0.1, -0.05) is 6.42 Å². The quantitative estimate of drug-likeness (QED) is 0.524. The van der Waals surface area contributed by atoms with Gasteiger partial charge in [0.2, 0.25) is 15.2 Å². The average Bonchev–Trinajstić information content (AvgIpc) is 3.41. The van der Waals surface area contributed by atoms with E-state index in [1.54, 1.807) is 4.68 Å². The second kappa shape index (κ2) is 7.17. The van der Waals surface area contributed by atoms with Crippen LogP contribution in [0.25, 0.3) is 0 Å². The summed E-state index contributed by atoms with van der Waals surface area (Å²) in [5.74, 6) is 0. The molecule has 0 radical (unpaired) electrons. The molecule has 2 heterocycles. The molecule has 1 saturated heterocycles. The van der Waals surface area contributed by atoms with Crippen LogP contribution in [0.1, 0.15) is 38.1 Å². The van der Waals surface area contributed by atoms with Crippen molar-refractivity contribution < 1.29 is 13.3 Å². The van der Waals surface area contributed by atoms with Crippen LogP contribution < -0.4 is 0 Å². The first-order valence-corrected chi connectivity index (χ1v) is 11.0. The molecule has 27 heavy (non-hydrogen) atoms. The Morgan fingerprint density at radius 1 is 1.19 bits per heavy atom. The first-order chi connectivity index (χ1) is 13.0. The zero-order valence-electron chi connectivity index (χ0n) is 14.4. The summed E-state index contributed by atoms with van der Waals surface area (Å²) in [5.41, 5.74) is -0.261. The Hall–Kier alpha value is -2.05. The molecule has 12 heteroatoms. The highest BCUT2D eigenvalue weighted by Crippen LogP contribution is 2.40. The Kier molecular flexibility index (Phi) is 4.86. The Morgan fingerprint density at radius 2 is 1.93 bits per heavy atom. The molecule has 0 amide bonds. The standard InChI is InChI=1S/C15H18N6O4S2/c22-21(23)13-10-12(27(24,25)19-8-2-1-3-9-19)6-7-14(13)26-15-16-17-18-20(15)11-4-5-11/h6-7,10-11H,1-5,8-9H2. The Labute approximate surface area is 160 Å². The Morgan fingerprint density at radius 3 is 2.59 bits per heavy atom.